The summed E-state index contributed by atoms with van der Waals surface area (Å²) in [5, 5.41) is 23.4. The van der Waals surface area contributed by atoms with E-state index in [-0.39, 0.29) is 13.2 Å². The van der Waals surface area contributed by atoms with Crippen molar-refractivity contribution in [3.63, 3.8) is 0 Å². The minimum Gasteiger partial charge on any atom is -0.392 e. The maximum Gasteiger partial charge on any atom is 0.0693 e. The first-order valence-corrected chi connectivity index (χ1v) is 6.89. The normalized spacial score (nSPS) is 11.3. The van der Waals surface area contributed by atoms with Crippen LogP contribution in [-0.2, 0) is 13.2 Å². The van der Waals surface area contributed by atoms with Gasteiger partial charge in [-0.3, -0.25) is 0 Å². The molecule has 0 aliphatic carbocycles. The summed E-state index contributed by atoms with van der Waals surface area (Å²) in [6, 6.07) is 13.8. The Morgan fingerprint density at radius 2 is 1.26 bits per heavy atom. The van der Waals surface area contributed by atoms with Crippen LogP contribution < -0.4 is 0 Å². The third-order valence-corrected chi connectivity index (χ3v) is 4.02. The van der Waals surface area contributed by atoms with E-state index >= 15 is 0 Å². The van der Waals surface area contributed by atoms with E-state index in [1.54, 1.807) is 0 Å². The van der Waals surface area contributed by atoms with Gasteiger partial charge in [-0.25, -0.2) is 0 Å². The predicted molar refractivity (Wildman–Crippen MR) is 81.0 cm³/mol. The van der Waals surface area contributed by atoms with Gasteiger partial charge in [0, 0.05) is 4.47 Å². The lowest BCUT2D eigenvalue weighted by Gasteiger charge is -2.14. The van der Waals surface area contributed by atoms with Gasteiger partial charge in [0.1, 0.15) is 0 Å². The summed E-state index contributed by atoms with van der Waals surface area (Å²) < 4.78 is 0.967. The summed E-state index contributed by atoms with van der Waals surface area (Å²) in [6.45, 7) is -0.0243. The molecule has 0 saturated carbocycles. The standard InChI is InChI=1S/C16H13BrO2/c17-10-5-6-13-14(7-10)16(9-19)12-4-2-1-3-11(12)15(13)8-18/h1-7,18-19H,8-9H2. The molecular formula is C16H13BrO2. The van der Waals surface area contributed by atoms with E-state index in [4.69, 9.17) is 0 Å². The first kappa shape index (κ1) is 12.6. The first-order valence-electron chi connectivity index (χ1n) is 6.09. The van der Waals surface area contributed by atoms with Gasteiger partial charge < -0.3 is 10.2 Å². The van der Waals surface area contributed by atoms with E-state index in [0.29, 0.717) is 0 Å². The van der Waals surface area contributed by atoms with Gasteiger partial charge in [-0.15, -0.1) is 0 Å². The molecule has 19 heavy (non-hydrogen) atoms. The Balaban J connectivity index is 2.60. The number of halogens is 1. The largest absolute Gasteiger partial charge is 0.392 e. The Hall–Kier alpha value is -1.42. The van der Waals surface area contributed by atoms with Crippen molar-refractivity contribution in [3.8, 4) is 0 Å². The lowest BCUT2D eigenvalue weighted by molar-refractivity contribution is 0.282. The zero-order valence-corrected chi connectivity index (χ0v) is 11.8. The second-order valence-corrected chi connectivity index (χ2v) is 5.42. The van der Waals surface area contributed by atoms with Crippen LogP contribution in [0, 0.1) is 0 Å². The highest BCUT2D eigenvalue weighted by Gasteiger charge is 2.12. The molecule has 0 bridgehead atoms. The second-order valence-electron chi connectivity index (χ2n) is 4.51. The maximum absolute atomic E-state index is 9.71. The third-order valence-electron chi connectivity index (χ3n) is 3.53. The number of aliphatic hydroxyl groups is 2. The SMILES string of the molecule is OCc1c2ccccc2c(CO)c2cc(Br)ccc12. The number of fused-ring (bicyclic) bond motifs is 2. The third kappa shape index (κ3) is 1.94. The topological polar surface area (TPSA) is 40.5 Å². The lowest BCUT2D eigenvalue weighted by atomic mass is 9.92. The molecule has 0 unspecified atom stereocenters. The van der Waals surface area contributed by atoms with Gasteiger partial charge >= 0.3 is 0 Å². The molecule has 0 aliphatic heterocycles. The van der Waals surface area contributed by atoms with Crippen molar-refractivity contribution in [1.29, 1.82) is 0 Å². The molecule has 96 valence electrons. The zero-order valence-electron chi connectivity index (χ0n) is 10.2. The highest BCUT2D eigenvalue weighted by molar-refractivity contribution is 9.10. The molecular weight excluding hydrogens is 304 g/mol. The molecule has 0 saturated heterocycles. The van der Waals surface area contributed by atoms with Crippen LogP contribution in [0.1, 0.15) is 11.1 Å². The molecule has 0 amide bonds. The van der Waals surface area contributed by atoms with Crippen LogP contribution >= 0.6 is 15.9 Å². The van der Waals surface area contributed by atoms with Crippen molar-refractivity contribution >= 4 is 37.5 Å². The van der Waals surface area contributed by atoms with E-state index in [1.165, 1.54) is 0 Å². The van der Waals surface area contributed by atoms with Gasteiger partial charge in [-0.1, -0.05) is 46.3 Å². The lowest BCUT2D eigenvalue weighted by Crippen LogP contribution is -1.95. The summed E-state index contributed by atoms with van der Waals surface area (Å²) in [6.07, 6.45) is 0. The summed E-state index contributed by atoms with van der Waals surface area (Å²) in [4.78, 5) is 0. The zero-order chi connectivity index (χ0) is 13.4. The minimum absolute atomic E-state index is 0.00957. The average molecular weight is 317 g/mol. The Morgan fingerprint density at radius 1 is 0.737 bits per heavy atom. The number of rotatable bonds is 2. The van der Waals surface area contributed by atoms with Crippen LogP contribution in [0.2, 0.25) is 0 Å². The van der Waals surface area contributed by atoms with Gasteiger partial charge in [0.05, 0.1) is 13.2 Å². The van der Waals surface area contributed by atoms with Gasteiger partial charge in [0.15, 0.2) is 0 Å². The molecule has 0 fully saturated rings. The van der Waals surface area contributed by atoms with Gasteiger partial charge in [-0.05, 0) is 44.8 Å². The van der Waals surface area contributed by atoms with E-state index in [2.05, 4.69) is 15.9 Å². The predicted octanol–water partition coefficient (Wildman–Crippen LogP) is 3.74. The van der Waals surface area contributed by atoms with Gasteiger partial charge in [0.2, 0.25) is 0 Å². The average Bonchev–Trinajstić information content (AvgIpc) is 2.44. The highest BCUT2D eigenvalue weighted by atomic mass is 79.9. The summed E-state index contributed by atoms with van der Waals surface area (Å²) in [5.74, 6) is 0. The molecule has 0 aromatic heterocycles. The van der Waals surface area contributed by atoms with Crippen LogP contribution in [0.15, 0.2) is 46.9 Å². The molecule has 0 spiro atoms. The Labute approximate surface area is 119 Å². The summed E-state index contributed by atoms with van der Waals surface area (Å²) >= 11 is 3.46. The fraction of sp³-hybridized carbons (Fsp3) is 0.125. The van der Waals surface area contributed by atoms with Crippen LogP contribution in [0.4, 0.5) is 0 Å². The number of hydrogen-bond donors (Lipinski definition) is 2. The van der Waals surface area contributed by atoms with Crippen molar-refractivity contribution < 1.29 is 10.2 Å². The van der Waals surface area contributed by atoms with Gasteiger partial charge in [-0.2, -0.15) is 0 Å². The van der Waals surface area contributed by atoms with Crippen LogP contribution in [0.25, 0.3) is 21.5 Å². The van der Waals surface area contributed by atoms with Crippen molar-refractivity contribution in [2.45, 2.75) is 13.2 Å². The quantitative estimate of drug-likeness (QED) is 0.707. The molecule has 0 atom stereocenters. The number of aliphatic hydroxyl groups excluding tert-OH is 2. The molecule has 2 nitrogen and oxygen atoms in total. The van der Waals surface area contributed by atoms with Crippen LogP contribution in [0.5, 0.6) is 0 Å². The summed E-state index contributed by atoms with van der Waals surface area (Å²) in [5.41, 5.74) is 1.82. The van der Waals surface area contributed by atoms with Crippen molar-refractivity contribution in [3.05, 3.63) is 58.1 Å². The van der Waals surface area contributed by atoms with E-state index in [9.17, 15) is 10.2 Å². The Kier molecular flexibility index (Phi) is 3.27. The summed E-state index contributed by atoms with van der Waals surface area (Å²) in [7, 11) is 0. The molecule has 3 heteroatoms. The monoisotopic (exact) mass is 316 g/mol. The Morgan fingerprint density at radius 3 is 1.84 bits per heavy atom. The van der Waals surface area contributed by atoms with Crippen molar-refractivity contribution in [2.24, 2.45) is 0 Å². The van der Waals surface area contributed by atoms with Crippen LogP contribution in [-0.4, -0.2) is 10.2 Å². The molecule has 3 aromatic carbocycles. The first-order chi connectivity index (χ1) is 9.26. The molecule has 3 rings (SSSR count). The van der Waals surface area contributed by atoms with Crippen molar-refractivity contribution in [2.75, 3.05) is 0 Å². The maximum atomic E-state index is 9.71. The van der Waals surface area contributed by atoms with E-state index < -0.39 is 0 Å². The molecule has 2 N–H and O–H groups in total. The minimum atomic E-state index is -0.0147. The fourth-order valence-corrected chi connectivity index (χ4v) is 3.03. The van der Waals surface area contributed by atoms with E-state index in [1.807, 2.05) is 42.5 Å². The van der Waals surface area contributed by atoms with Crippen molar-refractivity contribution in [1.82, 2.24) is 0 Å². The smallest absolute Gasteiger partial charge is 0.0693 e. The molecule has 0 aliphatic rings. The van der Waals surface area contributed by atoms with Crippen LogP contribution in [0.3, 0.4) is 0 Å². The number of hydrogen-bond acceptors (Lipinski definition) is 2. The fourth-order valence-electron chi connectivity index (χ4n) is 2.67. The number of benzene rings is 3. The van der Waals surface area contributed by atoms with E-state index in [0.717, 1.165) is 37.1 Å². The molecule has 3 aromatic rings. The molecule has 0 heterocycles. The Bertz CT molecular complexity index is 765. The molecule has 0 radical (unpaired) electrons. The second kappa shape index (κ2) is 4.93. The van der Waals surface area contributed by atoms with Gasteiger partial charge in [0.25, 0.3) is 0 Å². The highest BCUT2D eigenvalue weighted by Crippen LogP contribution is 2.34.